The molecular weight excluding hydrogens is 484 g/mol. The van der Waals surface area contributed by atoms with Crippen LogP contribution in [0.2, 0.25) is 0 Å². The Morgan fingerprint density at radius 3 is 1.69 bits per heavy atom. The van der Waals surface area contributed by atoms with Crippen LogP contribution in [-0.4, -0.2) is 23.1 Å². The topological polar surface area (TPSA) is 63.6 Å². The Morgan fingerprint density at radius 1 is 0.590 bits per heavy atom. The van der Waals surface area contributed by atoms with Crippen LogP contribution < -0.4 is 0 Å². The zero-order valence-electron chi connectivity index (χ0n) is 25.7. The molecule has 0 bridgehead atoms. The lowest BCUT2D eigenvalue weighted by Gasteiger charge is -2.18. The zero-order chi connectivity index (χ0) is 28.7. The van der Waals surface area contributed by atoms with Crippen LogP contribution >= 0.6 is 0 Å². The average Bonchev–Trinajstić information content (AvgIpc) is 2.92. The van der Waals surface area contributed by atoms with Crippen molar-refractivity contribution in [3.63, 3.8) is 0 Å². The molecule has 0 rings (SSSR count). The highest BCUT2D eigenvalue weighted by Crippen LogP contribution is 2.18. The zero-order valence-corrected chi connectivity index (χ0v) is 25.7. The van der Waals surface area contributed by atoms with Gasteiger partial charge in [0, 0.05) is 12.8 Å². The Morgan fingerprint density at radius 2 is 1.08 bits per heavy atom. The molecule has 4 nitrogen and oxygen atoms in total. The van der Waals surface area contributed by atoms with E-state index in [4.69, 9.17) is 9.84 Å². The Balaban J connectivity index is 3.95. The fourth-order valence-corrected chi connectivity index (χ4v) is 4.73. The van der Waals surface area contributed by atoms with E-state index in [-0.39, 0.29) is 18.5 Å². The lowest BCUT2D eigenvalue weighted by atomic mass is 10.0. The first-order chi connectivity index (χ1) is 19.1. The SMILES string of the molecule is CC/C=C\C/C=C\C/C=C\CCCCCCCC(=O)OC(CCCCCCCCCCC)CCCCC(=O)O. The minimum atomic E-state index is -0.748. The summed E-state index contributed by atoms with van der Waals surface area (Å²) in [6.07, 6.45) is 38.6. The maximum Gasteiger partial charge on any atom is 0.306 e. The number of allylic oxidation sites excluding steroid dienone is 6. The summed E-state index contributed by atoms with van der Waals surface area (Å²) in [5, 5.41) is 8.89. The number of carboxylic acid groups (broad SMARTS) is 1. The molecule has 0 saturated carbocycles. The Hall–Kier alpha value is -1.84. The van der Waals surface area contributed by atoms with Crippen molar-refractivity contribution >= 4 is 11.9 Å². The summed E-state index contributed by atoms with van der Waals surface area (Å²) in [5.41, 5.74) is 0. The van der Waals surface area contributed by atoms with Gasteiger partial charge in [0.1, 0.15) is 6.10 Å². The minimum absolute atomic E-state index is 0.0507. The maximum absolute atomic E-state index is 12.5. The smallest absolute Gasteiger partial charge is 0.306 e. The second kappa shape index (κ2) is 30.7. The number of rotatable bonds is 29. The second-order valence-corrected chi connectivity index (χ2v) is 11.0. The summed E-state index contributed by atoms with van der Waals surface area (Å²) in [6.45, 7) is 4.41. The number of carbonyl (C=O) groups excluding carboxylic acids is 1. The van der Waals surface area contributed by atoms with Gasteiger partial charge in [-0.25, -0.2) is 0 Å². The molecule has 1 atom stereocenters. The number of esters is 1. The van der Waals surface area contributed by atoms with E-state index >= 15 is 0 Å². The average molecular weight is 547 g/mol. The van der Waals surface area contributed by atoms with Gasteiger partial charge in [-0.05, 0) is 70.6 Å². The van der Waals surface area contributed by atoms with Gasteiger partial charge in [0.15, 0.2) is 0 Å². The molecule has 1 N–H and O–H groups in total. The summed E-state index contributed by atoms with van der Waals surface area (Å²) >= 11 is 0. The molecule has 0 aromatic rings. The van der Waals surface area contributed by atoms with Gasteiger partial charge < -0.3 is 9.84 Å². The number of hydrogen-bond acceptors (Lipinski definition) is 3. The Bertz CT molecular complexity index is 635. The first-order valence-corrected chi connectivity index (χ1v) is 16.5. The van der Waals surface area contributed by atoms with E-state index in [1.165, 1.54) is 70.6 Å². The predicted octanol–water partition coefficient (Wildman–Crippen LogP) is 11.1. The molecule has 0 radical (unpaired) electrons. The third-order valence-corrected chi connectivity index (χ3v) is 7.13. The first-order valence-electron chi connectivity index (χ1n) is 16.5. The van der Waals surface area contributed by atoms with E-state index in [2.05, 4.69) is 50.3 Å². The number of carboxylic acids is 1. The number of unbranched alkanes of at least 4 members (excludes halogenated alkanes) is 14. The van der Waals surface area contributed by atoms with Gasteiger partial charge in [-0.1, -0.05) is 121 Å². The van der Waals surface area contributed by atoms with Crippen LogP contribution in [0.4, 0.5) is 0 Å². The van der Waals surface area contributed by atoms with E-state index in [9.17, 15) is 9.59 Å². The summed E-state index contributed by atoms with van der Waals surface area (Å²) in [4.78, 5) is 23.3. The molecule has 0 heterocycles. The lowest BCUT2D eigenvalue weighted by Crippen LogP contribution is -2.18. The van der Waals surface area contributed by atoms with Crippen LogP contribution in [0.5, 0.6) is 0 Å². The normalized spacial score (nSPS) is 12.7. The van der Waals surface area contributed by atoms with E-state index < -0.39 is 5.97 Å². The fraction of sp³-hybridized carbons (Fsp3) is 0.771. The van der Waals surface area contributed by atoms with Gasteiger partial charge in [-0.2, -0.15) is 0 Å². The summed E-state index contributed by atoms with van der Waals surface area (Å²) in [7, 11) is 0. The van der Waals surface area contributed by atoms with Crippen molar-refractivity contribution in [1.29, 1.82) is 0 Å². The Labute approximate surface area is 241 Å². The monoisotopic (exact) mass is 546 g/mol. The molecule has 0 aliphatic heterocycles. The number of ether oxygens (including phenoxy) is 1. The standard InChI is InChI=1S/C35H62O4/c1-3-5-7-9-11-13-14-15-16-17-18-20-22-24-26-32-35(38)39-33(30-27-28-31-34(36)37)29-25-23-21-19-12-10-8-6-4-2/h5,7,11,13,15-16,33H,3-4,6,8-10,12,14,17-32H2,1-2H3,(H,36,37)/b7-5-,13-11-,16-15-. The Kier molecular flexibility index (Phi) is 29.2. The van der Waals surface area contributed by atoms with E-state index in [1.807, 2.05) is 0 Å². The highest BCUT2D eigenvalue weighted by atomic mass is 16.5. The van der Waals surface area contributed by atoms with Crippen molar-refractivity contribution in [3.05, 3.63) is 36.5 Å². The van der Waals surface area contributed by atoms with Gasteiger partial charge in [-0.15, -0.1) is 0 Å². The van der Waals surface area contributed by atoms with Crippen LogP contribution in [-0.2, 0) is 14.3 Å². The van der Waals surface area contributed by atoms with Crippen molar-refractivity contribution in [3.8, 4) is 0 Å². The number of aliphatic carboxylic acids is 1. The highest BCUT2D eigenvalue weighted by Gasteiger charge is 2.14. The van der Waals surface area contributed by atoms with E-state index in [0.717, 1.165) is 64.2 Å². The maximum atomic E-state index is 12.5. The molecular formula is C35H62O4. The summed E-state index contributed by atoms with van der Waals surface area (Å²) in [6, 6.07) is 0. The fourth-order valence-electron chi connectivity index (χ4n) is 4.73. The molecule has 0 aromatic heterocycles. The molecule has 0 aliphatic carbocycles. The molecule has 4 heteroatoms. The van der Waals surface area contributed by atoms with E-state index in [1.54, 1.807) is 0 Å². The van der Waals surface area contributed by atoms with Crippen molar-refractivity contribution in [2.45, 2.75) is 174 Å². The second-order valence-electron chi connectivity index (χ2n) is 11.0. The molecule has 0 aromatic carbocycles. The van der Waals surface area contributed by atoms with Gasteiger partial charge in [-0.3, -0.25) is 9.59 Å². The van der Waals surface area contributed by atoms with Gasteiger partial charge >= 0.3 is 11.9 Å². The quantitative estimate of drug-likeness (QED) is 0.0575. The predicted molar refractivity (Wildman–Crippen MR) is 167 cm³/mol. The van der Waals surface area contributed by atoms with Crippen molar-refractivity contribution in [1.82, 2.24) is 0 Å². The molecule has 0 amide bonds. The summed E-state index contributed by atoms with van der Waals surface area (Å²) < 4.78 is 5.84. The van der Waals surface area contributed by atoms with Crippen LogP contribution in [0.15, 0.2) is 36.5 Å². The number of hydrogen-bond donors (Lipinski definition) is 1. The molecule has 39 heavy (non-hydrogen) atoms. The van der Waals surface area contributed by atoms with Crippen LogP contribution in [0.25, 0.3) is 0 Å². The van der Waals surface area contributed by atoms with Crippen molar-refractivity contribution in [2.75, 3.05) is 0 Å². The molecule has 0 fully saturated rings. The van der Waals surface area contributed by atoms with Gasteiger partial charge in [0.2, 0.25) is 0 Å². The molecule has 1 unspecified atom stereocenters. The van der Waals surface area contributed by atoms with Crippen LogP contribution in [0.3, 0.4) is 0 Å². The summed E-state index contributed by atoms with van der Waals surface area (Å²) in [5.74, 6) is -0.822. The largest absolute Gasteiger partial charge is 0.481 e. The first kappa shape index (κ1) is 37.2. The van der Waals surface area contributed by atoms with Gasteiger partial charge in [0.25, 0.3) is 0 Å². The van der Waals surface area contributed by atoms with Crippen LogP contribution in [0, 0.1) is 0 Å². The van der Waals surface area contributed by atoms with Gasteiger partial charge in [0.05, 0.1) is 0 Å². The molecule has 0 saturated heterocycles. The minimum Gasteiger partial charge on any atom is -0.481 e. The van der Waals surface area contributed by atoms with Crippen molar-refractivity contribution < 1.29 is 19.4 Å². The highest BCUT2D eigenvalue weighted by molar-refractivity contribution is 5.69. The third-order valence-electron chi connectivity index (χ3n) is 7.13. The number of carbonyl (C=O) groups is 2. The van der Waals surface area contributed by atoms with Crippen LogP contribution in [0.1, 0.15) is 168 Å². The molecule has 226 valence electrons. The van der Waals surface area contributed by atoms with E-state index in [0.29, 0.717) is 12.8 Å². The molecule has 0 aliphatic rings. The molecule has 0 spiro atoms. The third kappa shape index (κ3) is 30.6. The lowest BCUT2D eigenvalue weighted by molar-refractivity contribution is -0.150. The van der Waals surface area contributed by atoms with Crippen molar-refractivity contribution in [2.24, 2.45) is 0 Å².